The molecule has 7 heteroatoms. The van der Waals surface area contributed by atoms with Crippen LogP contribution in [-0.2, 0) is 11.3 Å². The van der Waals surface area contributed by atoms with Crippen LogP contribution >= 0.6 is 0 Å². The summed E-state index contributed by atoms with van der Waals surface area (Å²) in [6, 6.07) is 0. The van der Waals surface area contributed by atoms with Crippen molar-refractivity contribution in [2.75, 3.05) is 52.5 Å². The third-order valence-electron chi connectivity index (χ3n) is 4.22. The van der Waals surface area contributed by atoms with Gasteiger partial charge < -0.3 is 14.7 Å². The van der Waals surface area contributed by atoms with E-state index in [0.29, 0.717) is 13.2 Å². The number of hydrogen-bond acceptors (Lipinski definition) is 5. The molecule has 23 heavy (non-hydrogen) atoms. The average Bonchev–Trinajstić information content (AvgIpc) is 2.93. The van der Waals surface area contributed by atoms with E-state index in [0.717, 1.165) is 56.9 Å². The fourth-order valence-electron chi connectivity index (χ4n) is 2.80. The van der Waals surface area contributed by atoms with Gasteiger partial charge >= 0.3 is 0 Å². The van der Waals surface area contributed by atoms with E-state index in [-0.39, 0.29) is 12.5 Å². The Morgan fingerprint density at radius 1 is 1.26 bits per heavy atom. The molecule has 0 atom stereocenters. The molecule has 0 aromatic carbocycles. The minimum atomic E-state index is 0.0628. The Balaban J connectivity index is 1.81. The molecule has 0 unspecified atom stereocenters. The monoisotopic (exact) mass is 324 g/mol. The zero-order valence-electron chi connectivity index (χ0n) is 14.2. The first-order chi connectivity index (χ1) is 11.2. The number of piperazine rings is 1. The maximum atomic E-state index is 12.6. The summed E-state index contributed by atoms with van der Waals surface area (Å²) in [5.74, 6) is 0.0843. The second kappa shape index (κ2) is 9.00. The van der Waals surface area contributed by atoms with E-state index in [1.807, 2.05) is 16.5 Å². The molecule has 130 valence electrons. The predicted octanol–water partition coefficient (Wildman–Crippen LogP) is 0.368. The van der Waals surface area contributed by atoms with Gasteiger partial charge in [0.05, 0.1) is 31.6 Å². The molecule has 1 aliphatic rings. The second-order valence-electron chi connectivity index (χ2n) is 5.84. The number of aryl methyl sites for hydroxylation is 1. The van der Waals surface area contributed by atoms with Gasteiger partial charge in [0.15, 0.2) is 0 Å². The lowest BCUT2D eigenvalue weighted by Gasteiger charge is -2.34. The Morgan fingerprint density at radius 2 is 2.00 bits per heavy atom. The summed E-state index contributed by atoms with van der Waals surface area (Å²) < 4.78 is 7.19. The van der Waals surface area contributed by atoms with Gasteiger partial charge in [-0.25, -0.2) is 0 Å². The number of nitrogens with zero attached hydrogens (tertiary/aromatic N) is 4. The number of hydrogen-bond donors (Lipinski definition) is 1. The largest absolute Gasteiger partial charge is 0.394 e. The first-order valence-electron chi connectivity index (χ1n) is 8.40. The molecule has 1 saturated heterocycles. The van der Waals surface area contributed by atoms with Crippen LogP contribution in [0.25, 0.3) is 0 Å². The van der Waals surface area contributed by atoms with Gasteiger partial charge in [-0.3, -0.25) is 14.4 Å². The summed E-state index contributed by atoms with van der Waals surface area (Å²) in [5, 5.41) is 13.0. The van der Waals surface area contributed by atoms with Crippen molar-refractivity contribution < 1.29 is 14.6 Å². The van der Waals surface area contributed by atoms with Gasteiger partial charge in [0.25, 0.3) is 5.91 Å². The van der Waals surface area contributed by atoms with Crippen molar-refractivity contribution in [3.05, 3.63) is 17.5 Å². The van der Waals surface area contributed by atoms with Gasteiger partial charge in [-0.15, -0.1) is 0 Å². The van der Waals surface area contributed by atoms with E-state index in [1.54, 1.807) is 6.20 Å². The topological polar surface area (TPSA) is 70.8 Å². The van der Waals surface area contributed by atoms with Gasteiger partial charge in [-0.2, -0.15) is 5.10 Å². The fourth-order valence-corrected chi connectivity index (χ4v) is 2.80. The quantitative estimate of drug-likeness (QED) is 0.700. The molecule has 1 aromatic heterocycles. The van der Waals surface area contributed by atoms with E-state index in [4.69, 9.17) is 9.84 Å². The third kappa shape index (κ3) is 4.76. The summed E-state index contributed by atoms with van der Waals surface area (Å²) in [6.45, 7) is 10.0. The third-order valence-corrected chi connectivity index (χ3v) is 4.22. The molecule has 7 nitrogen and oxygen atoms in total. The van der Waals surface area contributed by atoms with Crippen LogP contribution < -0.4 is 0 Å². The summed E-state index contributed by atoms with van der Waals surface area (Å²) >= 11 is 0. The van der Waals surface area contributed by atoms with Crippen molar-refractivity contribution in [3.63, 3.8) is 0 Å². The summed E-state index contributed by atoms with van der Waals surface area (Å²) in [5.41, 5.74) is 1.68. The van der Waals surface area contributed by atoms with Crippen molar-refractivity contribution in [1.29, 1.82) is 0 Å². The van der Waals surface area contributed by atoms with Crippen LogP contribution in [0, 0.1) is 6.92 Å². The Kier molecular flexibility index (Phi) is 7.01. The molecule has 2 rings (SSSR count). The maximum Gasteiger partial charge on any atom is 0.257 e. The lowest BCUT2D eigenvalue weighted by Crippen LogP contribution is -2.49. The molecule has 1 N–H and O–H groups in total. The molecule has 0 saturated carbocycles. The van der Waals surface area contributed by atoms with Crippen molar-refractivity contribution in [3.8, 4) is 0 Å². The van der Waals surface area contributed by atoms with Crippen LogP contribution in [0.3, 0.4) is 0 Å². The van der Waals surface area contributed by atoms with Crippen molar-refractivity contribution in [1.82, 2.24) is 19.6 Å². The average molecular weight is 324 g/mol. The number of rotatable bonds is 8. The van der Waals surface area contributed by atoms with E-state index < -0.39 is 0 Å². The smallest absolute Gasteiger partial charge is 0.257 e. The van der Waals surface area contributed by atoms with E-state index in [2.05, 4.69) is 16.9 Å². The van der Waals surface area contributed by atoms with Gasteiger partial charge in [-0.1, -0.05) is 6.92 Å². The zero-order valence-corrected chi connectivity index (χ0v) is 14.2. The molecule has 1 aromatic rings. The van der Waals surface area contributed by atoms with Gasteiger partial charge in [0, 0.05) is 45.0 Å². The number of amides is 1. The molecule has 0 radical (unpaired) electrons. The lowest BCUT2D eigenvalue weighted by molar-refractivity contribution is 0.0486. The SMILES string of the molecule is CCCn1ncc(C(=O)N2CCN(CCOCCO)CC2)c1C. The highest BCUT2D eigenvalue weighted by Gasteiger charge is 2.24. The van der Waals surface area contributed by atoms with Gasteiger partial charge in [0.1, 0.15) is 0 Å². The first kappa shape index (κ1) is 17.9. The van der Waals surface area contributed by atoms with Crippen LogP contribution in [0.2, 0.25) is 0 Å². The van der Waals surface area contributed by atoms with E-state index >= 15 is 0 Å². The number of aliphatic hydroxyl groups excluding tert-OH is 1. The molecule has 0 spiro atoms. The molecule has 0 bridgehead atoms. The number of ether oxygens (including phenoxy) is 1. The summed E-state index contributed by atoms with van der Waals surface area (Å²) in [6.07, 6.45) is 2.70. The predicted molar refractivity (Wildman–Crippen MR) is 87.5 cm³/mol. The fraction of sp³-hybridized carbons (Fsp3) is 0.750. The number of aromatic nitrogens is 2. The molecular weight excluding hydrogens is 296 g/mol. The van der Waals surface area contributed by atoms with E-state index in [1.165, 1.54) is 0 Å². The molecule has 2 heterocycles. The van der Waals surface area contributed by atoms with Gasteiger partial charge in [-0.05, 0) is 13.3 Å². The number of carbonyl (C=O) groups excluding carboxylic acids is 1. The first-order valence-corrected chi connectivity index (χ1v) is 8.40. The standard InChI is InChI=1S/C16H28N4O3/c1-3-4-20-14(2)15(13-17-20)16(22)19-7-5-18(6-8-19)9-11-23-12-10-21/h13,21H,3-12H2,1-2H3. The highest BCUT2D eigenvalue weighted by atomic mass is 16.5. The van der Waals surface area contributed by atoms with Crippen molar-refractivity contribution in [2.24, 2.45) is 0 Å². The Hall–Kier alpha value is -1.44. The minimum absolute atomic E-state index is 0.0628. The highest BCUT2D eigenvalue weighted by molar-refractivity contribution is 5.95. The van der Waals surface area contributed by atoms with Crippen LogP contribution in [0.4, 0.5) is 0 Å². The van der Waals surface area contributed by atoms with Crippen LogP contribution in [0.5, 0.6) is 0 Å². The number of carbonyl (C=O) groups is 1. The lowest BCUT2D eigenvalue weighted by atomic mass is 10.2. The Labute approximate surface area is 137 Å². The second-order valence-corrected chi connectivity index (χ2v) is 5.84. The minimum Gasteiger partial charge on any atom is -0.394 e. The number of aliphatic hydroxyl groups is 1. The summed E-state index contributed by atoms with van der Waals surface area (Å²) in [4.78, 5) is 16.8. The zero-order chi connectivity index (χ0) is 16.7. The highest BCUT2D eigenvalue weighted by Crippen LogP contribution is 2.13. The Morgan fingerprint density at radius 3 is 2.65 bits per heavy atom. The normalized spacial score (nSPS) is 16.0. The molecule has 1 fully saturated rings. The van der Waals surface area contributed by atoms with E-state index in [9.17, 15) is 4.79 Å². The molecule has 1 aliphatic heterocycles. The summed E-state index contributed by atoms with van der Waals surface area (Å²) in [7, 11) is 0. The maximum absolute atomic E-state index is 12.6. The molecular formula is C16H28N4O3. The van der Waals surface area contributed by atoms with Crippen LogP contribution in [-0.4, -0.2) is 83.1 Å². The van der Waals surface area contributed by atoms with Crippen molar-refractivity contribution in [2.45, 2.75) is 26.8 Å². The Bertz CT molecular complexity index is 496. The van der Waals surface area contributed by atoms with Crippen LogP contribution in [0.1, 0.15) is 29.4 Å². The molecule has 0 aliphatic carbocycles. The van der Waals surface area contributed by atoms with Crippen LogP contribution in [0.15, 0.2) is 6.20 Å². The van der Waals surface area contributed by atoms with Gasteiger partial charge in [0.2, 0.25) is 0 Å². The molecule has 1 amide bonds. The van der Waals surface area contributed by atoms with Crippen molar-refractivity contribution >= 4 is 5.91 Å².